The lowest BCUT2D eigenvalue weighted by atomic mass is 10.1. The highest BCUT2D eigenvalue weighted by atomic mass is 19.1. The van der Waals surface area contributed by atoms with Crippen LogP contribution in [0, 0.1) is 5.82 Å². The Morgan fingerprint density at radius 3 is 2.47 bits per heavy atom. The predicted molar refractivity (Wildman–Crippen MR) is 115 cm³/mol. The van der Waals surface area contributed by atoms with Crippen LogP contribution in [0.5, 0.6) is 0 Å². The minimum atomic E-state index is -0.345. The second-order valence-corrected chi connectivity index (χ2v) is 7.13. The van der Waals surface area contributed by atoms with Crippen molar-refractivity contribution in [1.29, 1.82) is 0 Å². The number of hydrogen-bond donors (Lipinski definition) is 2. The van der Waals surface area contributed by atoms with Gasteiger partial charge >= 0.3 is 0 Å². The van der Waals surface area contributed by atoms with Gasteiger partial charge in [-0.25, -0.2) is 4.39 Å². The van der Waals surface area contributed by atoms with Crippen molar-refractivity contribution < 1.29 is 14.0 Å². The van der Waals surface area contributed by atoms with Gasteiger partial charge in [-0.15, -0.1) is 0 Å². The molecule has 0 radical (unpaired) electrons. The first kappa shape index (κ1) is 19.6. The summed E-state index contributed by atoms with van der Waals surface area (Å²) in [4.78, 5) is 26.7. The topological polar surface area (TPSA) is 61.4 Å². The van der Waals surface area contributed by atoms with Gasteiger partial charge in [0.25, 0.3) is 5.91 Å². The van der Waals surface area contributed by atoms with Gasteiger partial charge in [0.05, 0.1) is 6.54 Å². The molecular weight excluding hydrogens is 381 g/mol. The van der Waals surface area contributed by atoms with Gasteiger partial charge in [-0.1, -0.05) is 36.4 Å². The molecule has 6 heteroatoms. The van der Waals surface area contributed by atoms with E-state index in [0.717, 1.165) is 17.8 Å². The van der Waals surface area contributed by atoms with E-state index in [0.29, 0.717) is 17.7 Å². The Morgan fingerprint density at radius 2 is 1.67 bits per heavy atom. The van der Waals surface area contributed by atoms with E-state index in [1.165, 1.54) is 11.6 Å². The normalized spacial score (nSPS) is 12.4. The fourth-order valence-corrected chi connectivity index (χ4v) is 3.53. The van der Waals surface area contributed by atoms with Crippen LogP contribution in [0.4, 0.5) is 15.8 Å². The Kier molecular flexibility index (Phi) is 5.75. The van der Waals surface area contributed by atoms with Crippen molar-refractivity contribution in [3.63, 3.8) is 0 Å². The number of halogens is 1. The molecule has 1 heterocycles. The molecule has 4 rings (SSSR count). The fourth-order valence-electron chi connectivity index (χ4n) is 3.53. The lowest BCUT2D eigenvalue weighted by Gasteiger charge is -2.18. The number of benzene rings is 3. The van der Waals surface area contributed by atoms with Crippen LogP contribution in [-0.2, 0) is 17.8 Å². The van der Waals surface area contributed by atoms with Crippen LogP contribution >= 0.6 is 0 Å². The van der Waals surface area contributed by atoms with Crippen molar-refractivity contribution in [3.8, 4) is 0 Å². The van der Waals surface area contributed by atoms with Crippen LogP contribution in [0.1, 0.15) is 21.5 Å². The van der Waals surface area contributed by atoms with Crippen molar-refractivity contribution in [1.82, 2.24) is 5.32 Å². The van der Waals surface area contributed by atoms with E-state index in [9.17, 15) is 14.0 Å². The van der Waals surface area contributed by atoms with Crippen molar-refractivity contribution in [2.24, 2.45) is 0 Å². The van der Waals surface area contributed by atoms with Gasteiger partial charge in [-0.3, -0.25) is 9.59 Å². The third-order valence-electron chi connectivity index (χ3n) is 5.18. The summed E-state index contributed by atoms with van der Waals surface area (Å²) in [5.74, 6) is -0.621. The van der Waals surface area contributed by atoms with Gasteiger partial charge in [0.15, 0.2) is 0 Å². The van der Waals surface area contributed by atoms with Gasteiger partial charge in [-0.05, 0) is 48.4 Å². The molecule has 0 spiro atoms. The number of hydrogen-bond acceptors (Lipinski definition) is 3. The highest BCUT2D eigenvalue weighted by Crippen LogP contribution is 2.27. The van der Waals surface area contributed by atoms with E-state index in [2.05, 4.69) is 10.6 Å². The number of nitrogens with one attached hydrogen (secondary N) is 2. The average Bonchev–Trinajstić information content (AvgIpc) is 3.21. The molecule has 30 heavy (non-hydrogen) atoms. The third-order valence-corrected chi connectivity index (χ3v) is 5.18. The molecule has 0 aliphatic carbocycles. The predicted octanol–water partition coefficient (Wildman–Crippen LogP) is 3.76. The number of amides is 2. The molecule has 5 nitrogen and oxygen atoms in total. The van der Waals surface area contributed by atoms with Crippen LogP contribution in [0.3, 0.4) is 0 Å². The van der Waals surface area contributed by atoms with E-state index in [-0.39, 0.29) is 30.7 Å². The van der Waals surface area contributed by atoms with Crippen LogP contribution < -0.4 is 15.5 Å². The van der Waals surface area contributed by atoms with Crippen LogP contribution in [0.25, 0.3) is 0 Å². The van der Waals surface area contributed by atoms with Crippen molar-refractivity contribution in [2.45, 2.75) is 13.0 Å². The summed E-state index contributed by atoms with van der Waals surface area (Å²) in [5.41, 5.74) is 3.83. The zero-order valence-electron chi connectivity index (χ0n) is 16.4. The Balaban J connectivity index is 1.30. The largest absolute Gasteiger partial charge is 0.376 e. The molecule has 152 valence electrons. The van der Waals surface area contributed by atoms with Gasteiger partial charge in [0.2, 0.25) is 5.91 Å². The Bertz CT molecular complexity index is 1070. The first-order valence-corrected chi connectivity index (χ1v) is 9.85. The number of rotatable bonds is 6. The molecule has 0 saturated heterocycles. The van der Waals surface area contributed by atoms with Gasteiger partial charge in [-0.2, -0.15) is 0 Å². The zero-order chi connectivity index (χ0) is 20.9. The summed E-state index contributed by atoms with van der Waals surface area (Å²) in [7, 11) is 0. The lowest BCUT2D eigenvalue weighted by Crippen LogP contribution is -2.34. The number of anilines is 2. The van der Waals surface area contributed by atoms with Crippen molar-refractivity contribution in [3.05, 3.63) is 95.3 Å². The minimum Gasteiger partial charge on any atom is -0.376 e. The van der Waals surface area contributed by atoms with Gasteiger partial charge in [0.1, 0.15) is 5.82 Å². The van der Waals surface area contributed by atoms with Crippen LogP contribution in [0.15, 0.2) is 72.8 Å². The fraction of sp³-hybridized carbons (Fsp3) is 0.167. The van der Waals surface area contributed by atoms with Crippen molar-refractivity contribution >= 4 is 23.2 Å². The van der Waals surface area contributed by atoms with Gasteiger partial charge in [0, 0.05) is 35.6 Å². The number of fused-ring (bicyclic) bond motifs is 1. The SMILES string of the molecule is O=C(NCc1ccccc1F)c1ccc(NCC(=O)N2CCc3ccccc32)cc1. The zero-order valence-corrected chi connectivity index (χ0v) is 16.4. The van der Waals surface area contributed by atoms with Crippen LogP contribution in [-0.4, -0.2) is 24.9 Å². The molecule has 1 aliphatic heterocycles. The maximum Gasteiger partial charge on any atom is 0.251 e. The monoisotopic (exact) mass is 403 g/mol. The standard InChI is InChI=1S/C24H22FN3O2/c25-21-7-3-1-6-19(21)15-27-24(30)18-9-11-20(12-10-18)26-16-23(29)28-14-13-17-5-2-4-8-22(17)28/h1-12,26H,13-16H2,(H,27,30). The Morgan fingerprint density at radius 1 is 0.933 bits per heavy atom. The summed E-state index contributed by atoms with van der Waals surface area (Å²) in [6.45, 7) is 0.992. The first-order chi connectivity index (χ1) is 14.6. The molecule has 2 N–H and O–H groups in total. The molecule has 2 amide bonds. The molecule has 1 aliphatic rings. The first-order valence-electron chi connectivity index (χ1n) is 9.85. The summed E-state index contributed by atoms with van der Waals surface area (Å²) < 4.78 is 13.6. The Hall–Kier alpha value is -3.67. The molecule has 0 aromatic heterocycles. The summed E-state index contributed by atoms with van der Waals surface area (Å²) in [5, 5.41) is 5.82. The summed E-state index contributed by atoms with van der Waals surface area (Å²) in [6.07, 6.45) is 0.874. The van der Waals surface area contributed by atoms with E-state index in [1.54, 1.807) is 47.4 Å². The maximum absolute atomic E-state index is 13.6. The van der Waals surface area contributed by atoms with E-state index < -0.39 is 0 Å². The van der Waals surface area contributed by atoms with Crippen molar-refractivity contribution in [2.75, 3.05) is 23.3 Å². The summed E-state index contributed by atoms with van der Waals surface area (Å²) in [6, 6.07) is 21.1. The van der Waals surface area contributed by atoms with E-state index in [1.807, 2.05) is 24.3 Å². The maximum atomic E-state index is 13.6. The second-order valence-electron chi connectivity index (χ2n) is 7.13. The highest BCUT2D eigenvalue weighted by molar-refractivity contribution is 5.98. The summed E-state index contributed by atoms with van der Waals surface area (Å²) >= 11 is 0. The van der Waals surface area contributed by atoms with Gasteiger partial charge < -0.3 is 15.5 Å². The molecule has 0 unspecified atom stereocenters. The molecule has 3 aromatic carbocycles. The Labute approximate surface area is 174 Å². The third kappa shape index (κ3) is 4.33. The van der Waals surface area contributed by atoms with Crippen LogP contribution in [0.2, 0.25) is 0 Å². The minimum absolute atomic E-state index is 0.00616. The second kappa shape index (κ2) is 8.78. The smallest absolute Gasteiger partial charge is 0.251 e. The molecule has 0 bridgehead atoms. The molecule has 3 aromatic rings. The molecule has 0 fully saturated rings. The molecular formula is C24H22FN3O2. The number of carbonyl (C=O) groups excluding carboxylic acids is 2. The average molecular weight is 403 g/mol. The van der Waals surface area contributed by atoms with E-state index in [4.69, 9.17) is 0 Å². The highest BCUT2D eigenvalue weighted by Gasteiger charge is 2.23. The quantitative estimate of drug-likeness (QED) is 0.659. The lowest BCUT2D eigenvalue weighted by molar-refractivity contribution is -0.116. The number of para-hydroxylation sites is 1. The number of nitrogens with zero attached hydrogens (tertiary/aromatic N) is 1. The number of carbonyl (C=O) groups is 2. The van der Waals surface area contributed by atoms with E-state index >= 15 is 0 Å². The molecule has 0 atom stereocenters. The molecule has 0 saturated carbocycles.